The molecule has 0 aliphatic heterocycles. The van der Waals surface area contributed by atoms with Crippen LogP contribution in [0.15, 0.2) is 60.8 Å². The second-order valence-corrected chi connectivity index (χ2v) is 5.05. The van der Waals surface area contributed by atoms with Gasteiger partial charge in [-0.2, -0.15) is 0 Å². The Labute approximate surface area is 124 Å². The van der Waals surface area contributed by atoms with Crippen LogP contribution in [0, 0.1) is 0 Å². The summed E-state index contributed by atoms with van der Waals surface area (Å²) in [6, 6.07) is 17.9. The number of benzene rings is 2. The van der Waals surface area contributed by atoms with Crippen molar-refractivity contribution in [3.63, 3.8) is 0 Å². The zero-order valence-electron chi connectivity index (χ0n) is 12.0. The van der Waals surface area contributed by atoms with Gasteiger partial charge in [0.25, 0.3) is 0 Å². The highest BCUT2D eigenvalue weighted by Gasteiger charge is 2.05. The van der Waals surface area contributed by atoms with E-state index < -0.39 is 0 Å². The Balaban J connectivity index is 1.87. The summed E-state index contributed by atoms with van der Waals surface area (Å²) in [5.74, 6) is 1.52. The van der Waals surface area contributed by atoms with E-state index >= 15 is 0 Å². The van der Waals surface area contributed by atoms with Crippen molar-refractivity contribution in [1.29, 1.82) is 0 Å². The molecule has 2 N–H and O–H groups in total. The summed E-state index contributed by atoms with van der Waals surface area (Å²) < 4.78 is 5.90. The normalized spacial score (nSPS) is 12.3. The summed E-state index contributed by atoms with van der Waals surface area (Å²) in [5, 5.41) is 1.07. The summed E-state index contributed by atoms with van der Waals surface area (Å²) in [6.45, 7) is 2.07. The van der Waals surface area contributed by atoms with Crippen molar-refractivity contribution in [1.82, 2.24) is 4.98 Å². The first-order valence-corrected chi connectivity index (χ1v) is 7.14. The number of para-hydroxylation sites is 1. The van der Waals surface area contributed by atoms with Crippen LogP contribution in [0.2, 0.25) is 0 Å². The fourth-order valence-corrected chi connectivity index (χ4v) is 2.29. The number of hydrogen-bond acceptors (Lipinski definition) is 3. The van der Waals surface area contributed by atoms with E-state index in [9.17, 15) is 0 Å². The molecule has 1 heterocycles. The molecule has 2 aromatic carbocycles. The first-order chi connectivity index (χ1) is 10.3. The van der Waals surface area contributed by atoms with Gasteiger partial charge in [0.2, 0.25) is 0 Å². The molecule has 1 aromatic heterocycles. The Morgan fingerprint density at radius 3 is 2.76 bits per heavy atom. The molecule has 1 atom stereocenters. The maximum Gasteiger partial charge on any atom is 0.146 e. The average molecular weight is 278 g/mol. The molecule has 0 aliphatic rings. The van der Waals surface area contributed by atoms with Crippen LogP contribution in [-0.2, 0) is 0 Å². The molecular formula is C18H18N2O. The quantitative estimate of drug-likeness (QED) is 0.767. The first-order valence-electron chi connectivity index (χ1n) is 7.14. The van der Waals surface area contributed by atoms with E-state index in [0.717, 1.165) is 34.4 Å². The molecule has 0 bridgehead atoms. The lowest BCUT2D eigenvalue weighted by Gasteiger charge is -2.11. The summed E-state index contributed by atoms with van der Waals surface area (Å²) in [7, 11) is 0. The van der Waals surface area contributed by atoms with E-state index in [1.54, 1.807) is 6.20 Å². The average Bonchev–Trinajstić information content (AvgIpc) is 2.54. The zero-order valence-corrected chi connectivity index (χ0v) is 12.0. The van der Waals surface area contributed by atoms with Crippen molar-refractivity contribution in [3.8, 4) is 11.5 Å². The maximum absolute atomic E-state index is 6.06. The maximum atomic E-state index is 6.06. The third kappa shape index (κ3) is 3.03. The van der Waals surface area contributed by atoms with E-state index in [0.29, 0.717) is 0 Å². The number of rotatable bonds is 4. The molecule has 3 rings (SSSR count). The number of pyridine rings is 1. The van der Waals surface area contributed by atoms with Crippen LogP contribution in [0.4, 0.5) is 0 Å². The molecule has 3 nitrogen and oxygen atoms in total. The molecule has 0 spiro atoms. The Hall–Kier alpha value is -2.39. The van der Waals surface area contributed by atoms with Crippen LogP contribution in [-0.4, -0.2) is 4.98 Å². The highest BCUT2D eigenvalue weighted by molar-refractivity contribution is 5.79. The van der Waals surface area contributed by atoms with Crippen molar-refractivity contribution in [2.75, 3.05) is 0 Å². The second kappa shape index (κ2) is 5.94. The Morgan fingerprint density at radius 2 is 1.90 bits per heavy atom. The van der Waals surface area contributed by atoms with E-state index in [-0.39, 0.29) is 6.04 Å². The lowest BCUT2D eigenvalue weighted by molar-refractivity contribution is 0.479. The second-order valence-electron chi connectivity index (χ2n) is 5.05. The molecule has 0 saturated heterocycles. The van der Waals surface area contributed by atoms with Gasteiger partial charge in [0.15, 0.2) is 0 Å². The van der Waals surface area contributed by atoms with Gasteiger partial charge >= 0.3 is 0 Å². The minimum Gasteiger partial charge on any atom is -0.456 e. The Morgan fingerprint density at radius 1 is 1.05 bits per heavy atom. The Bertz CT molecular complexity index is 755. The van der Waals surface area contributed by atoms with Gasteiger partial charge in [-0.15, -0.1) is 0 Å². The smallest absolute Gasteiger partial charge is 0.146 e. The van der Waals surface area contributed by atoms with E-state index in [1.807, 2.05) is 54.6 Å². The van der Waals surface area contributed by atoms with Crippen molar-refractivity contribution < 1.29 is 4.74 Å². The van der Waals surface area contributed by atoms with E-state index in [2.05, 4.69) is 11.9 Å². The number of ether oxygens (including phenoxy) is 1. The zero-order chi connectivity index (χ0) is 14.7. The minimum atomic E-state index is 0.0447. The lowest BCUT2D eigenvalue weighted by atomic mass is 10.1. The predicted octanol–water partition coefficient (Wildman–Crippen LogP) is 4.44. The highest BCUT2D eigenvalue weighted by Crippen LogP contribution is 2.26. The van der Waals surface area contributed by atoms with Gasteiger partial charge < -0.3 is 10.5 Å². The van der Waals surface area contributed by atoms with Gasteiger partial charge in [0.05, 0.1) is 11.7 Å². The SMILES string of the molecule is CCC(N)c1cccc(Oc2cnc3ccccc3c2)c1. The van der Waals surface area contributed by atoms with Crippen LogP contribution in [0.25, 0.3) is 10.9 Å². The summed E-state index contributed by atoms with van der Waals surface area (Å²) in [4.78, 5) is 4.40. The molecule has 0 aliphatic carbocycles. The fraction of sp³-hybridized carbons (Fsp3) is 0.167. The molecule has 0 radical (unpaired) electrons. The summed E-state index contributed by atoms with van der Waals surface area (Å²) in [6.07, 6.45) is 2.65. The van der Waals surface area contributed by atoms with Crippen LogP contribution < -0.4 is 10.5 Å². The summed E-state index contributed by atoms with van der Waals surface area (Å²) in [5.41, 5.74) is 8.11. The predicted molar refractivity (Wildman–Crippen MR) is 85.5 cm³/mol. The van der Waals surface area contributed by atoms with Crippen molar-refractivity contribution in [2.24, 2.45) is 5.73 Å². The van der Waals surface area contributed by atoms with Crippen LogP contribution >= 0.6 is 0 Å². The van der Waals surface area contributed by atoms with E-state index in [4.69, 9.17) is 10.5 Å². The molecule has 0 amide bonds. The Kier molecular flexibility index (Phi) is 3.84. The highest BCUT2D eigenvalue weighted by atomic mass is 16.5. The van der Waals surface area contributed by atoms with Crippen molar-refractivity contribution >= 4 is 10.9 Å². The van der Waals surface area contributed by atoms with Crippen LogP contribution in [0.1, 0.15) is 24.9 Å². The third-order valence-corrected chi connectivity index (χ3v) is 3.53. The van der Waals surface area contributed by atoms with Crippen LogP contribution in [0.5, 0.6) is 11.5 Å². The number of nitrogens with two attached hydrogens (primary N) is 1. The molecular weight excluding hydrogens is 260 g/mol. The van der Waals surface area contributed by atoms with Gasteiger partial charge in [-0.1, -0.05) is 37.3 Å². The van der Waals surface area contributed by atoms with E-state index in [1.165, 1.54) is 0 Å². The minimum absolute atomic E-state index is 0.0447. The van der Waals surface area contributed by atoms with Crippen molar-refractivity contribution in [2.45, 2.75) is 19.4 Å². The molecule has 106 valence electrons. The van der Waals surface area contributed by atoms with Crippen molar-refractivity contribution in [3.05, 3.63) is 66.4 Å². The van der Waals surface area contributed by atoms with Gasteiger partial charge in [-0.05, 0) is 36.2 Å². The number of aromatic nitrogens is 1. The topological polar surface area (TPSA) is 48.1 Å². The number of nitrogens with zero attached hydrogens (tertiary/aromatic N) is 1. The molecule has 0 saturated carbocycles. The molecule has 21 heavy (non-hydrogen) atoms. The van der Waals surface area contributed by atoms with Gasteiger partial charge in [0, 0.05) is 11.4 Å². The van der Waals surface area contributed by atoms with Gasteiger partial charge in [-0.25, -0.2) is 0 Å². The van der Waals surface area contributed by atoms with Gasteiger partial charge in [0.1, 0.15) is 11.5 Å². The summed E-state index contributed by atoms with van der Waals surface area (Å²) >= 11 is 0. The molecule has 3 heteroatoms. The van der Waals surface area contributed by atoms with Crippen LogP contribution in [0.3, 0.4) is 0 Å². The molecule has 1 unspecified atom stereocenters. The van der Waals surface area contributed by atoms with Gasteiger partial charge in [-0.3, -0.25) is 4.98 Å². The lowest BCUT2D eigenvalue weighted by Crippen LogP contribution is -2.08. The number of hydrogen-bond donors (Lipinski definition) is 1. The fourth-order valence-electron chi connectivity index (χ4n) is 2.29. The molecule has 3 aromatic rings. The largest absolute Gasteiger partial charge is 0.456 e. The third-order valence-electron chi connectivity index (χ3n) is 3.53. The monoisotopic (exact) mass is 278 g/mol. The molecule has 0 fully saturated rings. The number of fused-ring (bicyclic) bond motifs is 1. The first kappa shape index (κ1) is 13.6. The standard InChI is InChI=1S/C18H18N2O/c1-2-17(19)13-7-5-8-15(10-13)21-16-11-14-6-3-4-9-18(14)20-12-16/h3-12,17H,2,19H2,1H3.